The maximum atomic E-state index is 12.4. The van der Waals surface area contributed by atoms with E-state index in [2.05, 4.69) is 22.9 Å². The number of rotatable bonds is 9. The predicted octanol–water partition coefficient (Wildman–Crippen LogP) is 5.17. The highest BCUT2D eigenvalue weighted by Crippen LogP contribution is 2.19. The molecule has 3 rings (SSSR count). The number of carbonyl (C=O) groups is 2. The van der Waals surface area contributed by atoms with Crippen LogP contribution in [0.15, 0.2) is 78.9 Å². The smallest absolute Gasteiger partial charge is 0.255 e. The van der Waals surface area contributed by atoms with E-state index in [1.807, 2.05) is 49.4 Å². The Bertz CT molecular complexity index is 1020. The summed E-state index contributed by atoms with van der Waals surface area (Å²) in [5.74, 6) is 0.367. The molecule has 0 bridgehead atoms. The molecule has 160 valence electrons. The Morgan fingerprint density at radius 2 is 1.52 bits per heavy atom. The normalized spacial score (nSPS) is 11.3. The number of ether oxygens (including phenoxy) is 1. The molecule has 0 spiro atoms. The molecule has 0 aliphatic carbocycles. The van der Waals surface area contributed by atoms with Crippen LogP contribution in [0.3, 0.4) is 0 Å². The van der Waals surface area contributed by atoms with Crippen LogP contribution in [0, 0.1) is 0 Å². The van der Waals surface area contributed by atoms with Gasteiger partial charge in [0, 0.05) is 28.7 Å². The lowest BCUT2D eigenvalue weighted by molar-refractivity contribution is -0.114. The molecule has 0 saturated carbocycles. The molecule has 3 N–H and O–H groups in total. The van der Waals surface area contributed by atoms with E-state index in [9.17, 15) is 9.59 Å². The molecule has 0 aliphatic rings. The average Bonchev–Trinajstić information content (AvgIpc) is 2.78. The second kappa shape index (κ2) is 10.8. The lowest BCUT2D eigenvalue weighted by Gasteiger charge is -2.14. The molecule has 2 amide bonds. The molecule has 1 atom stereocenters. The van der Waals surface area contributed by atoms with Gasteiger partial charge in [0.1, 0.15) is 5.75 Å². The lowest BCUT2D eigenvalue weighted by Crippen LogP contribution is -2.22. The van der Waals surface area contributed by atoms with Gasteiger partial charge in [-0.1, -0.05) is 37.3 Å². The van der Waals surface area contributed by atoms with E-state index in [1.165, 1.54) is 0 Å². The van der Waals surface area contributed by atoms with Crippen LogP contribution >= 0.6 is 0 Å². The maximum Gasteiger partial charge on any atom is 0.255 e. The number of hydrogen-bond acceptors (Lipinski definition) is 4. The van der Waals surface area contributed by atoms with Gasteiger partial charge in [-0.3, -0.25) is 9.59 Å². The fourth-order valence-electron chi connectivity index (χ4n) is 2.85. The standard InChI is InChI=1S/C25H27N3O3/c1-3-18(2)31-23-14-8-11-20(16-23)26-17-24(29)27-21-12-7-13-22(15-21)28-25(30)19-9-5-4-6-10-19/h4-16,18,26H,3,17H2,1-2H3,(H,27,29)(H,28,30). The summed E-state index contributed by atoms with van der Waals surface area (Å²) in [7, 11) is 0. The van der Waals surface area contributed by atoms with Gasteiger partial charge in [0.05, 0.1) is 12.6 Å². The minimum atomic E-state index is -0.203. The van der Waals surface area contributed by atoms with Gasteiger partial charge < -0.3 is 20.7 Å². The molecule has 3 aromatic rings. The van der Waals surface area contributed by atoms with Gasteiger partial charge in [-0.15, -0.1) is 0 Å². The van der Waals surface area contributed by atoms with E-state index in [4.69, 9.17) is 4.74 Å². The first-order valence-electron chi connectivity index (χ1n) is 10.3. The van der Waals surface area contributed by atoms with Crippen molar-refractivity contribution in [1.29, 1.82) is 0 Å². The first-order valence-corrected chi connectivity index (χ1v) is 10.3. The van der Waals surface area contributed by atoms with Gasteiger partial charge in [-0.2, -0.15) is 0 Å². The molecule has 0 heterocycles. The van der Waals surface area contributed by atoms with E-state index in [-0.39, 0.29) is 24.5 Å². The van der Waals surface area contributed by atoms with Gasteiger partial charge in [-0.05, 0) is 55.8 Å². The summed E-state index contributed by atoms with van der Waals surface area (Å²) in [6.45, 7) is 4.19. The van der Waals surface area contributed by atoms with Crippen LogP contribution in [0.4, 0.5) is 17.1 Å². The van der Waals surface area contributed by atoms with Crippen LogP contribution < -0.4 is 20.7 Å². The Morgan fingerprint density at radius 3 is 2.26 bits per heavy atom. The summed E-state index contributed by atoms with van der Waals surface area (Å²) < 4.78 is 5.81. The number of hydrogen-bond donors (Lipinski definition) is 3. The summed E-state index contributed by atoms with van der Waals surface area (Å²) in [5, 5.41) is 8.78. The number of anilines is 3. The summed E-state index contributed by atoms with van der Waals surface area (Å²) in [5.41, 5.74) is 2.58. The molecular weight excluding hydrogens is 390 g/mol. The Kier molecular flexibility index (Phi) is 7.65. The third-order valence-electron chi connectivity index (χ3n) is 4.64. The average molecular weight is 418 g/mol. The van der Waals surface area contributed by atoms with Gasteiger partial charge in [0.25, 0.3) is 5.91 Å². The van der Waals surface area contributed by atoms with Gasteiger partial charge >= 0.3 is 0 Å². The summed E-state index contributed by atoms with van der Waals surface area (Å²) in [4.78, 5) is 24.7. The highest BCUT2D eigenvalue weighted by Gasteiger charge is 2.08. The number of benzene rings is 3. The van der Waals surface area contributed by atoms with E-state index < -0.39 is 0 Å². The van der Waals surface area contributed by atoms with E-state index in [0.717, 1.165) is 17.9 Å². The van der Waals surface area contributed by atoms with Crippen molar-refractivity contribution in [3.63, 3.8) is 0 Å². The van der Waals surface area contributed by atoms with Crippen LogP contribution in [0.1, 0.15) is 30.6 Å². The third-order valence-corrected chi connectivity index (χ3v) is 4.64. The Labute approximate surface area is 182 Å². The molecule has 6 nitrogen and oxygen atoms in total. The first kappa shape index (κ1) is 21.9. The fraction of sp³-hybridized carbons (Fsp3) is 0.200. The van der Waals surface area contributed by atoms with Gasteiger partial charge in [0.15, 0.2) is 0 Å². The van der Waals surface area contributed by atoms with Crippen molar-refractivity contribution in [3.8, 4) is 5.75 Å². The molecule has 0 fully saturated rings. The number of amides is 2. The topological polar surface area (TPSA) is 79.5 Å². The third kappa shape index (κ3) is 6.89. The van der Waals surface area contributed by atoms with Crippen LogP contribution in [-0.4, -0.2) is 24.5 Å². The lowest BCUT2D eigenvalue weighted by atomic mass is 10.2. The molecule has 0 aliphatic heterocycles. The van der Waals surface area contributed by atoms with E-state index in [0.29, 0.717) is 16.9 Å². The molecule has 1 unspecified atom stereocenters. The summed E-state index contributed by atoms with van der Waals surface area (Å²) in [6.07, 6.45) is 1.05. The Morgan fingerprint density at radius 1 is 0.839 bits per heavy atom. The quantitative estimate of drug-likeness (QED) is 0.449. The highest BCUT2D eigenvalue weighted by molar-refractivity contribution is 6.04. The minimum absolute atomic E-state index is 0.105. The fourth-order valence-corrected chi connectivity index (χ4v) is 2.85. The zero-order chi connectivity index (χ0) is 22.1. The molecule has 0 radical (unpaired) electrons. The zero-order valence-electron chi connectivity index (χ0n) is 17.7. The second-order valence-corrected chi connectivity index (χ2v) is 7.17. The number of carbonyl (C=O) groups excluding carboxylic acids is 2. The Hall–Kier alpha value is -3.80. The van der Waals surface area contributed by atoms with Crippen LogP contribution in [-0.2, 0) is 4.79 Å². The van der Waals surface area contributed by atoms with Gasteiger partial charge in [0.2, 0.25) is 5.91 Å². The van der Waals surface area contributed by atoms with Crippen LogP contribution in [0.5, 0.6) is 5.75 Å². The molecule has 0 aromatic heterocycles. The maximum absolute atomic E-state index is 12.4. The van der Waals surface area contributed by atoms with Crippen molar-refractivity contribution < 1.29 is 14.3 Å². The Balaban J connectivity index is 1.53. The van der Waals surface area contributed by atoms with Crippen molar-refractivity contribution >= 4 is 28.9 Å². The number of nitrogens with one attached hydrogen (secondary N) is 3. The van der Waals surface area contributed by atoms with Crippen LogP contribution in [0.2, 0.25) is 0 Å². The van der Waals surface area contributed by atoms with Crippen molar-refractivity contribution in [2.24, 2.45) is 0 Å². The highest BCUT2D eigenvalue weighted by atomic mass is 16.5. The molecule has 6 heteroatoms. The minimum Gasteiger partial charge on any atom is -0.491 e. The predicted molar refractivity (Wildman–Crippen MR) is 125 cm³/mol. The SMILES string of the molecule is CCC(C)Oc1cccc(NCC(=O)Nc2cccc(NC(=O)c3ccccc3)c2)c1. The summed E-state index contributed by atoms with van der Waals surface area (Å²) in [6, 6.07) is 23.6. The van der Waals surface area contributed by atoms with Crippen LogP contribution in [0.25, 0.3) is 0 Å². The van der Waals surface area contributed by atoms with E-state index >= 15 is 0 Å². The van der Waals surface area contributed by atoms with Crippen molar-refractivity contribution in [2.45, 2.75) is 26.4 Å². The van der Waals surface area contributed by atoms with Crippen molar-refractivity contribution in [2.75, 3.05) is 22.5 Å². The summed E-state index contributed by atoms with van der Waals surface area (Å²) >= 11 is 0. The molecule has 3 aromatic carbocycles. The molecular formula is C25H27N3O3. The first-order chi connectivity index (χ1) is 15.0. The van der Waals surface area contributed by atoms with Gasteiger partial charge in [-0.25, -0.2) is 0 Å². The van der Waals surface area contributed by atoms with E-state index in [1.54, 1.807) is 36.4 Å². The zero-order valence-corrected chi connectivity index (χ0v) is 17.7. The molecule has 31 heavy (non-hydrogen) atoms. The molecule has 0 saturated heterocycles. The van der Waals surface area contributed by atoms with Crippen molar-refractivity contribution in [3.05, 3.63) is 84.4 Å². The largest absolute Gasteiger partial charge is 0.491 e. The monoisotopic (exact) mass is 417 g/mol. The second-order valence-electron chi connectivity index (χ2n) is 7.17. The van der Waals surface area contributed by atoms with Crippen molar-refractivity contribution in [1.82, 2.24) is 0 Å².